The zero-order chi connectivity index (χ0) is 16.6. The number of hydrogen-bond donors (Lipinski definition) is 1. The molecule has 0 spiro atoms. The molecule has 1 aromatic carbocycles. The van der Waals surface area contributed by atoms with E-state index in [4.69, 9.17) is 0 Å². The first-order chi connectivity index (χ1) is 10.9. The molecule has 3 rings (SSSR count). The minimum Gasteiger partial charge on any atom is -0.305 e. The first kappa shape index (κ1) is 15.4. The highest BCUT2D eigenvalue weighted by molar-refractivity contribution is 5.53. The van der Waals surface area contributed by atoms with Gasteiger partial charge in [0.15, 0.2) is 0 Å². The molecule has 1 aliphatic rings. The molecule has 0 radical (unpaired) electrons. The van der Waals surface area contributed by atoms with Crippen LogP contribution in [0.25, 0.3) is 6.08 Å². The van der Waals surface area contributed by atoms with E-state index < -0.39 is 35.3 Å². The van der Waals surface area contributed by atoms with Gasteiger partial charge in [0.1, 0.15) is 5.69 Å². The summed E-state index contributed by atoms with van der Waals surface area (Å²) in [5.74, 6) is -3.22. The number of nitrogens with one attached hydrogen (secondary N) is 1. The second-order valence-electron chi connectivity index (χ2n) is 5.63. The fourth-order valence-electron chi connectivity index (χ4n) is 2.83. The molecular weight excluding hydrogens is 302 g/mol. The van der Waals surface area contributed by atoms with Gasteiger partial charge in [0.05, 0.1) is 11.6 Å². The van der Waals surface area contributed by atoms with Crippen molar-refractivity contribution in [2.24, 2.45) is 0 Å². The average Bonchev–Trinajstić information content (AvgIpc) is 2.67. The monoisotopic (exact) mass is 318 g/mol. The lowest BCUT2D eigenvalue weighted by Gasteiger charge is -2.19. The zero-order valence-electron chi connectivity index (χ0n) is 12.6. The number of H-pyrrole nitrogens is 1. The summed E-state index contributed by atoms with van der Waals surface area (Å²) in [5.41, 5.74) is -1.49. The number of halogens is 2. The fraction of sp³-hybridized carbons (Fsp3) is 0.294. The maximum atomic E-state index is 14.1. The summed E-state index contributed by atoms with van der Waals surface area (Å²) < 4.78 is 29.2. The number of fused-ring (bicyclic) bond motifs is 1. The van der Waals surface area contributed by atoms with Crippen molar-refractivity contribution in [1.82, 2.24) is 9.55 Å². The molecule has 0 aliphatic heterocycles. The molecular formula is C17H16F2N2O2. The minimum atomic E-state index is -3.22. The topological polar surface area (TPSA) is 54.9 Å². The van der Waals surface area contributed by atoms with Crippen LogP contribution >= 0.6 is 0 Å². The molecule has 1 atom stereocenters. The summed E-state index contributed by atoms with van der Waals surface area (Å²) in [6.07, 6.45) is 2.64. The number of nitrogens with zero attached hydrogens (tertiary/aromatic N) is 1. The Morgan fingerprint density at radius 1 is 1.22 bits per heavy atom. The van der Waals surface area contributed by atoms with Gasteiger partial charge in [-0.1, -0.05) is 42.5 Å². The van der Waals surface area contributed by atoms with Crippen LogP contribution in [0.15, 0.2) is 46.0 Å². The Morgan fingerprint density at radius 3 is 2.61 bits per heavy atom. The molecule has 4 nitrogen and oxygen atoms in total. The van der Waals surface area contributed by atoms with Crippen LogP contribution in [0.3, 0.4) is 0 Å². The molecule has 0 amide bonds. The Balaban J connectivity index is 2.23. The van der Waals surface area contributed by atoms with Gasteiger partial charge in [-0.25, -0.2) is 4.79 Å². The molecule has 1 aliphatic carbocycles. The average molecular weight is 318 g/mol. The summed E-state index contributed by atoms with van der Waals surface area (Å²) in [5, 5.41) is 0. The number of hydrogen-bond acceptors (Lipinski definition) is 2. The van der Waals surface area contributed by atoms with Crippen molar-refractivity contribution in [2.75, 3.05) is 0 Å². The van der Waals surface area contributed by atoms with Crippen molar-refractivity contribution >= 4 is 6.08 Å². The van der Waals surface area contributed by atoms with Gasteiger partial charge in [0.25, 0.3) is 11.5 Å². The summed E-state index contributed by atoms with van der Waals surface area (Å²) in [6.45, 7) is 1.69. The molecule has 0 bridgehead atoms. The molecule has 0 saturated carbocycles. The molecule has 1 N–H and O–H groups in total. The van der Waals surface area contributed by atoms with Crippen LogP contribution in [-0.4, -0.2) is 9.55 Å². The van der Waals surface area contributed by atoms with E-state index in [1.165, 1.54) is 12.2 Å². The van der Waals surface area contributed by atoms with E-state index in [1.807, 2.05) is 6.07 Å². The van der Waals surface area contributed by atoms with Gasteiger partial charge in [0.2, 0.25) is 0 Å². The molecule has 0 fully saturated rings. The van der Waals surface area contributed by atoms with Gasteiger partial charge < -0.3 is 4.98 Å². The summed E-state index contributed by atoms with van der Waals surface area (Å²) in [6, 6.07) is 8.43. The lowest BCUT2D eigenvalue weighted by Crippen LogP contribution is -2.41. The van der Waals surface area contributed by atoms with E-state index in [0.29, 0.717) is 0 Å². The number of aromatic amines is 1. The van der Waals surface area contributed by atoms with E-state index in [9.17, 15) is 18.4 Å². The first-order valence-corrected chi connectivity index (χ1v) is 7.40. The molecule has 1 heterocycles. The van der Waals surface area contributed by atoms with Crippen LogP contribution in [0.2, 0.25) is 0 Å². The second kappa shape index (κ2) is 5.61. The third-order valence-electron chi connectivity index (χ3n) is 4.11. The standard InChI is InChI=1S/C17H16F2N2O2/c1-11(12-7-3-2-4-8-12)21-15(22)13-9-5-6-10-17(18,19)14(13)20-16(21)23/h2-5,7-9,11H,6,10H2,1H3,(H,20,23)/t11-/m1/s1. The molecule has 120 valence electrons. The van der Waals surface area contributed by atoms with E-state index in [0.717, 1.165) is 10.1 Å². The third-order valence-corrected chi connectivity index (χ3v) is 4.11. The predicted molar refractivity (Wildman–Crippen MR) is 83.7 cm³/mol. The van der Waals surface area contributed by atoms with Gasteiger partial charge in [-0.15, -0.1) is 0 Å². The summed E-state index contributed by atoms with van der Waals surface area (Å²) >= 11 is 0. The maximum Gasteiger partial charge on any atom is 0.329 e. The highest BCUT2D eigenvalue weighted by Gasteiger charge is 2.37. The van der Waals surface area contributed by atoms with Crippen LogP contribution in [0.5, 0.6) is 0 Å². The lowest BCUT2D eigenvalue weighted by atomic mass is 10.1. The third kappa shape index (κ3) is 2.65. The summed E-state index contributed by atoms with van der Waals surface area (Å²) in [7, 11) is 0. The molecule has 6 heteroatoms. The van der Waals surface area contributed by atoms with Gasteiger partial charge in [-0.2, -0.15) is 8.78 Å². The maximum absolute atomic E-state index is 14.1. The van der Waals surface area contributed by atoms with Crippen molar-refractivity contribution in [3.05, 3.63) is 74.1 Å². The van der Waals surface area contributed by atoms with E-state index >= 15 is 0 Å². The van der Waals surface area contributed by atoms with Gasteiger partial charge in [-0.3, -0.25) is 9.36 Å². The van der Waals surface area contributed by atoms with E-state index in [1.54, 1.807) is 31.2 Å². The Kier molecular flexibility index (Phi) is 3.75. The number of benzene rings is 1. The van der Waals surface area contributed by atoms with E-state index in [-0.39, 0.29) is 12.0 Å². The van der Waals surface area contributed by atoms with Crippen LogP contribution in [0.4, 0.5) is 8.78 Å². The Bertz CT molecular complexity index is 866. The van der Waals surface area contributed by atoms with Crippen molar-refractivity contribution in [1.29, 1.82) is 0 Å². The van der Waals surface area contributed by atoms with Crippen molar-refractivity contribution in [2.45, 2.75) is 31.7 Å². The molecule has 0 saturated heterocycles. The van der Waals surface area contributed by atoms with Crippen LogP contribution in [0.1, 0.15) is 42.6 Å². The molecule has 0 unspecified atom stereocenters. The number of rotatable bonds is 2. The van der Waals surface area contributed by atoms with Gasteiger partial charge in [0, 0.05) is 6.42 Å². The Morgan fingerprint density at radius 2 is 1.91 bits per heavy atom. The van der Waals surface area contributed by atoms with Crippen LogP contribution in [-0.2, 0) is 5.92 Å². The minimum absolute atomic E-state index is 0.144. The van der Waals surface area contributed by atoms with Crippen molar-refractivity contribution in [3.63, 3.8) is 0 Å². The molecule has 1 aromatic heterocycles. The summed E-state index contributed by atoms with van der Waals surface area (Å²) in [4.78, 5) is 27.1. The largest absolute Gasteiger partial charge is 0.329 e. The number of aromatic nitrogens is 2. The normalized spacial score (nSPS) is 17.3. The second-order valence-corrected chi connectivity index (χ2v) is 5.63. The van der Waals surface area contributed by atoms with Crippen LogP contribution < -0.4 is 11.2 Å². The van der Waals surface area contributed by atoms with Crippen molar-refractivity contribution in [3.8, 4) is 0 Å². The molecule has 2 aromatic rings. The zero-order valence-corrected chi connectivity index (χ0v) is 12.6. The number of alkyl halides is 2. The van der Waals surface area contributed by atoms with Crippen molar-refractivity contribution < 1.29 is 8.78 Å². The van der Waals surface area contributed by atoms with E-state index in [2.05, 4.69) is 4.98 Å². The number of allylic oxidation sites excluding steroid dienone is 1. The highest BCUT2D eigenvalue weighted by Crippen LogP contribution is 2.35. The Labute approximate surface area is 131 Å². The van der Waals surface area contributed by atoms with Gasteiger partial charge in [-0.05, 0) is 18.9 Å². The smallest absolute Gasteiger partial charge is 0.305 e. The lowest BCUT2D eigenvalue weighted by molar-refractivity contribution is -0.0170. The predicted octanol–water partition coefficient (Wildman–Crippen LogP) is 3.04. The molecule has 23 heavy (non-hydrogen) atoms. The quantitative estimate of drug-likeness (QED) is 0.925. The Hall–Kier alpha value is -2.50. The van der Waals surface area contributed by atoms with Gasteiger partial charge >= 0.3 is 5.69 Å². The highest BCUT2D eigenvalue weighted by atomic mass is 19.3. The first-order valence-electron chi connectivity index (χ1n) is 7.40. The van der Waals surface area contributed by atoms with Crippen LogP contribution in [0, 0.1) is 0 Å². The fourth-order valence-corrected chi connectivity index (χ4v) is 2.83. The SMILES string of the molecule is C[C@H](c1ccccc1)n1c(=O)[nH]c2c(c1=O)C=CCCC2(F)F.